The highest BCUT2D eigenvalue weighted by Crippen LogP contribution is 2.34. The van der Waals surface area contributed by atoms with Gasteiger partial charge in [0, 0.05) is 11.8 Å². The lowest BCUT2D eigenvalue weighted by Crippen LogP contribution is -2.09. The summed E-state index contributed by atoms with van der Waals surface area (Å²) in [5.74, 6) is 1.05. The number of Topliss-reactive ketones (excluding diaryl/α,β-unsaturated/α-hetero) is 1. The number of carbonyl (C=O) groups is 1. The molecule has 1 heterocycles. The minimum Gasteiger partial charge on any atom is -0.495 e. The van der Waals surface area contributed by atoms with Crippen LogP contribution in [0.3, 0.4) is 0 Å². The Balaban J connectivity index is 2.37. The van der Waals surface area contributed by atoms with Crippen LogP contribution >= 0.6 is 0 Å². The van der Waals surface area contributed by atoms with Gasteiger partial charge in [-0.1, -0.05) is 0 Å². The second kappa shape index (κ2) is 3.62. The van der Waals surface area contributed by atoms with E-state index in [1.54, 1.807) is 7.11 Å². The van der Waals surface area contributed by atoms with Gasteiger partial charge in [0.2, 0.25) is 0 Å². The summed E-state index contributed by atoms with van der Waals surface area (Å²) in [5.41, 5.74) is 4.07. The van der Waals surface area contributed by atoms with Crippen molar-refractivity contribution in [3.05, 3.63) is 29.0 Å². The standard InChI is InChI=1S/C14H15NO2/c1-8-6-10-9-4-3-5-11(16)13(9)15-14(10)12(7-8)17-2/h6-7,15H,3-5H2,1-2H3. The summed E-state index contributed by atoms with van der Waals surface area (Å²) in [7, 11) is 1.66. The van der Waals surface area contributed by atoms with Crippen LogP contribution in [0.1, 0.15) is 34.5 Å². The number of rotatable bonds is 1. The minimum atomic E-state index is 0.224. The largest absolute Gasteiger partial charge is 0.495 e. The second-order valence-corrected chi connectivity index (χ2v) is 4.65. The van der Waals surface area contributed by atoms with Crippen molar-refractivity contribution in [3.8, 4) is 5.75 Å². The molecule has 0 bridgehead atoms. The molecule has 0 radical (unpaired) electrons. The van der Waals surface area contributed by atoms with E-state index in [0.717, 1.165) is 40.8 Å². The molecule has 3 heteroatoms. The number of hydrogen-bond donors (Lipinski definition) is 1. The Morgan fingerprint density at radius 2 is 2.12 bits per heavy atom. The van der Waals surface area contributed by atoms with E-state index < -0.39 is 0 Å². The van der Waals surface area contributed by atoms with Gasteiger partial charge >= 0.3 is 0 Å². The van der Waals surface area contributed by atoms with Crippen molar-refractivity contribution in [1.29, 1.82) is 0 Å². The molecular weight excluding hydrogens is 214 g/mol. The van der Waals surface area contributed by atoms with Crippen LogP contribution in [-0.2, 0) is 6.42 Å². The molecule has 1 aromatic heterocycles. The van der Waals surface area contributed by atoms with E-state index >= 15 is 0 Å². The van der Waals surface area contributed by atoms with Gasteiger partial charge in [0.05, 0.1) is 18.3 Å². The fourth-order valence-electron chi connectivity index (χ4n) is 2.66. The number of aromatic nitrogens is 1. The quantitative estimate of drug-likeness (QED) is 0.816. The van der Waals surface area contributed by atoms with E-state index in [0.29, 0.717) is 6.42 Å². The van der Waals surface area contributed by atoms with Crippen LogP contribution in [0.15, 0.2) is 12.1 Å². The number of ether oxygens (including phenoxy) is 1. The number of aromatic amines is 1. The molecule has 0 saturated heterocycles. The SMILES string of the molecule is COc1cc(C)cc2c3c([nH]c12)C(=O)CCC3. The smallest absolute Gasteiger partial charge is 0.179 e. The number of benzene rings is 1. The number of carbonyl (C=O) groups excluding carboxylic acids is 1. The highest BCUT2D eigenvalue weighted by atomic mass is 16.5. The molecule has 0 saturated carbocycles. The number of ketones is 1. The van der Waals surface area contributed by atoms with Gasteiger partial charge in [-0.25, -0.2) is 0 Å². The van der Waals surface area contributed by atoms with Gasteiger partial charge in [0.25, 0.3) is 0 Å². The van der Waals surface area contributed by atoms with Crippen molar-refractivity contribution >= 4 is 16.7 Å². The first-order valence-electron chi connectivity index (χ1n) is 5.93. The Kier molecular flexibility index (Phi) is 2.21. The number of H-pyrrole nitrogens is 1. The predicted octanol–water partition coefficient (Wildman–Crippen LogP) is 3.00. The topological polar surface area (TPSA) is 42.1 Å². The molecule has 0 atom stereocenters. The zero-order chi connectivity index (χ0) is 12.0. The van der Waals surface area contributed by atoms with Crippen molar-refractivity contribution in [2.24, 2.45) is 0 Å². The fraction of sp³-hybridized carbons (Fsp3) is 0.357. The Hall–Kier alpha value is -1.77. The third kappa shape index (κ3) is 1.46. The van der Waals surface area contributed by atoms with Crippen LogP contribution in [0.5, 0.6) is 5.75 Å². The lowest BCUT2D eigenvalue weighted by Gasteiger charge is -2.09. The third-order valence-corrected chi connectivity index (χ3v) is 3.45. The van der Waals surface area contributed by atoms with Crippen LogP contribution in [0.25, 0.3) is 10.9 Å². The minimum absolute atomic E-state index is 0.224. The maximum atomic E-state index is 11.9. The van der Waals surface area contributed by atoms with Gasteiger partial charge in [-0.15, -0.1) is 0 Å². The van der Waals surface area contributed by atoms with Gasteiger partial charge in [-0.05, 0) is 43.0 Å². The molecule has 1 N–H and O–H groups in total. The number of nitrogens with one attached hydrogen (secondary N) is 1. The van der Waals surface area contributed by atoms with Gasteiger partial charge in [-0.2, -0.15) is 0 Å². The summed E-state index contributed by atoms with van der Waals surface area (Å²) in [6, 6.07) is 4.13. The van der Waals surface area contributed by atoms with Gasteiger partial charge in [0.1, 0.15) is 5.75 Å². The average molecular weight is 229 g/mol. The molecule has 17 heavy (non-hydrogen) atoms. The summed E-state index contributed by atoms with van der Waals surface area (Å²) in [4.78, 5) is 15.1. The zero-order valence-corrected chi connectivity index (χ0v) is 10.1. The van der Waals surface area contributed by atoms with Crippen molar-refractivity contribution in [3.63, 3.8) is 0 Å². The van der Waals surface area contributed by atoms with Crippen molar-refractivity contribution in [1.82, 2.24) is 4.98 Å². The van der Waals surface area contributed by atoms with E-state index in [-0.39, 0.29) is 5.78 Å². The maximum absolute atomic E-state index is 11.9. The number of hydrogen-bond acceptors (Lipinski definition) is 2. The average Bonchev–Trinajstić information content (AvgIpc) is 2.68. The summed E-state index contributed by atoms with van der Waals surface area (Å²) < 4.78 is 5.38. The maximum Gasteiger partial charge on any atom is 0.179 e. The fourth-order valence-corrected chi connectivity index (χ4v) is 2.66. The van der Waals surface area contributed by atoms with E-state index in [1.807, 2.05) is 13.0 Å². The zero-order valence-electron chi connectivity index (χ0n) is 10.1. The van der Waals surface area contributed by atoms with Crippen LogP contribution in [0.4, 0.5) is 0 Å². The first kappa shape index (κ1) is 10.4. The molecule has 3 rings (SSSR count). The normalized spacial score (nSPS) is 15.1. The third-order valence-electron chi connectivity index (χ3n) is 3.45. The van der Waals surface area contributed by atoms with Crippen molar-refractivity contribution in [2.75, 3.05) is 7.11 Å². The lowest BCUT2D eigenvalue weighted by atomic mass is 9.94. The number of aryl methyl sites for hydroxylation is 2. The van der Waals surface area contributed by atoms with Crippen LogP contribution in [0, 0.1) is 6.92 Å². The Morgan fingerprint density at radius 1 is 1.29 bits per heavy atom. The Bertz CT molecular complexity index is 610. The monoisotopic (exact) mass is 229 g/mol. The van der Waals surface area contributed by atoms with E-state index in [4.69, 9.17) is 4.74 Å². The first-order valence-corrected chi connectivity index (χ1v) is 5.93. The summed E-state index contributed by atoms with van der Waals surface area (Å²) in [5, 5.41) is 1.14. The Morgan fingerprint density at radius 3 is 2.88 bits per heavy atom. The van der Waals surface area contributed by atoms with Gasteiger partial charge in [-0.3, -0.25) is 4.79 Å². The second-order valence-electron chi connectivity index (χ2n) is 4.65. The molecule has 1 aliphatic rings. The van der Waals surface area contributed by atoms with E-state index in [9.17, 15) is 4.79 Å². The molecule has 0 fully saturated rings. The molecule has 88 valence electrons. The molecular formula is C14H15NO2. The highest BCUT2D eigenvalue weighted by molar-refractivity contribution is 6.04. The van der Waals surface area contributed by atoms with Crippen molar-refractivity contribution in [2.45, 2.75) is 26.2 Å². The highest BCUT2D eigenvalue weighted by Gasteiger charge is 2.23. The summed E-state index contributed by atoms with van der Waals surface area (Å²) in [6.45, 7) is 2.05. The Labute approximate surface area is 99.8 Å². The molecule has 3 nitrogen and oxygen atoms in total. The first-order chi connectivity index (χ1) is 8.20. The molecule has 0 spiro atoms. The van der Waals surface area contributed by atoms with E-state index in [2.05, 4.69) is 11.1 Å². The van der Waals surface area contributed by atoms with Crippen LogP contribution in [-0.4, -0.2) is 17.9 Å². The summed E-state index contributed by atoms with van der Waals surface area (Å²) in [6.07, 6.45) is 2.59. The number of methoxy groups -OCH3 is 1. The van der Waals surface area contributed by atoms with Gasteiger partial charge in [0.15, 0.2) is 5.78 Å². The molecule has 2 aromatic rings. The molecule has 0 amide bonds. The van der Waals surface area contributed by atoms with Crippen molar-refractivity contribution < 1.29 is 9.53 Å². The molecule has 1 aliphatic carbocycles. The molecule has 1 aromatic carbocycles. The van der Waals surface area contributed by atoms with E-state index in [1.165, 1.54) is 5.56 Å². The molecule has 0 aliphatic heterocycles. The van der Waals surface area contributed by atoms with Crippen LogP contribution in [0.2, 0.25) is 0 Å². The van der Waals surface area contributed by atoms with Crippen LogP contribution < -0.4 is 4.74 Å². The number of fused-ring (bicyclic) bond motifs is 3. The molecule has 0 unspecified atom stereocenters. The van der Waals surface area contributed by atoms with Gasteiger partial charge < -0.3 is 9.72 Å². The lowest BCUT2D eigenvalue weighted by molar-refractivity contribution is 0.0968. The summed E-state index contributed by atoms with van der Waals surface area (Å²) >= 11 is 0. The predicted molar refractivity (Wildman–Crippen MR) is 66.9 cm³/mol.